The van der Waals surface area contributed by atoms with E-state index in [0.717, 1.165) is 28.0 Å². The van der Waals surface area contributed by atoms with Gasteiger partial charge in [0, 0.05) is 18.2 Å². The first-order valence-electron chi connectivity index (χ1n) is 6.04. The molecular weight excluding hydrogens is 240 g/mol. The van der Waals surface area contributed by atoms with Gasteiger partial charge < -0.3 is 14.9 Å². The van der Waals surface area contributed by atoms with E-state index in [2.05, 4.69) is 4.98 Å². The number of fused-ring (bicyclic) bond motifs is 1. The third-order valence-corrected chi connectivity index (χ3v) is 3.03. The minimum Gasteiger partial charge on any atom is -0.497 e. The Labute approximate surface area is 110 Å². The van der Waals surface area contributed by atoms with Gasteiger partial charge in [0.2, 0.25) is 5.89 Å². The van der Waals surface area contributed by atoms with Crippen LogP contribution in [-0.2, 0) is 6.54 Å². The number of hydrogen-bond donors (Lipinski definition) is 1. The van der Waals surface area contributed by atoms with Crippen molar-refractivity contribution in [3.63, 3.8) is 0 Å². The highest BCUT2D eigenvalue weighted by molar-refractivity contribution is 5.77. The van der Waals surface area contributed by atoms with E-state index < -0.39 is 0 Å². The number of nitrogens with two attached hydrogens (primary N) is 1. The lowest BCUT2D eigenvalue weighted by Gasteiger charge is -1.98. The van der Waals surface area contributed by atoms with Crippen LogP contribution >= 0.6 is 0 Å². The van der Waals surface area contributed by atoms with Gasteiger partial charge in [0.1, 0.15) is 11.3 Å². The summed E-state index contributed by atoms with van der Waals surface area (Å²) in [5.74, 6) is 1.36. The third-order valence-electron chi connectivity index (χ3n) is 3.03. The Hall–Kier alpha value is -2.33. The minimum absolute atomic E-state index is 0.533. The van der Waals surface area contributed by atoms with Crippen LogP contribution in [0.4, 0.5) is 0 Å². The maximum Gasteiger partial charge on any atom is 0.227 e. The topological polar surface area (TPSA) is 61.3 Å². The highest BCUT2D eigenvalue weighted by Gasteiger charge is 2.08. The highest BCUT2D eigenvalue weighted by atomic mass is 16.5. The maximum absolute atomic E-state index is 5.75. The number of methoxy groups -OCH3 is 1. The van der Waals surface area contributed by atoms with Crippen molar-refractivity contribution < 1.29 is 9.15 Å². The molecule has 0 fully saturated rings. The zero-order valence-corrected chi connectivity index (χ0v) is 10.6. The second-order valence-corrected chi connectivity index (χ2v) is 4.25. The Balaban J connectivity index is 2.04. The quantitative estimate of drug-likeness (QED) is 0.780. The van der Waals surface area contributed by atoms with Crippen LogP contribution in [0.3, 0.4) is 0 Å². The monoisotopic (exact) mass is 254 g/mol. The summed E-state index contributed by atoms with van der Waals surface area (Å²) < 4.78 is 10.9. The average molecular weight is 254 g/mol. The Morgan fingerprint density at radius 2 is 1.95 bits per heavy atom. The first-order valence-corrected chi connectivity index (χ1v) is 6.04. The van der Waals surface area contributed by atoms with E-state index in [-0.39, 0.29) is 0 Å². The lowest BCUT2D eigenvalue weighted by Crippen LogP contribution is -1.95. The van der Waals surface area contributed by atoms with Crippen molar-refractivity contribution >= 4 is 11.1 Å². The summed E-state index contributed by atoms with van der Waals surface area (Å²) in [6.07, 6.45) is 0. The van der Waals surface area contributed by atoms with Crippen LogP contribution in [0, 0.1) is 0 Å². The third kappa shape index (κ3) is 2.18. The van der Waals surface area contributed by atoms with Crippen LogP contribution in [0.2, 0.25) is 0 Å². The average Bonchev–Trinajstić information content (AvgIpc) is 2.90. The number of aromatic nitrogens is 1. The fourth-order valence-electron chi connectivity index (χ4n) is 1.94. The molecule has 2 N–H and O–H groups in total. The lowest BCUT2D eigenvalue weighted by molar-refractivity contribution is 0.414. The number of nitrogens with zero attached hydrogens (tertiary/aromatic N) is 1. The van der Waals surface area contributed by atoms with E-state index in [0.29, 0.717) is 12.4 Å². The van der Waals surface area contributed by atoms with Crippen LogP contribution in [0.5, 0.6) is 5.75 Å². The molecule has 0 saturated carbocycles. The molecule has 4 nitrogen and oxygen atoms in total. The van der Waals surface area contributed by atoms with Crippen molar-refractivity contribution in [2.45, 2.75) is 6.54 Å². The molecule has 3 aromatic rings. The van der Waals surface area contributed by atoms with Crippen LogP contribution in [-0.4, -0.2) is 12.1 Å². The van der Waals surface area contributed by atoms with E-state index in [4.69, 9.17) is 14.9 Å². The molecule has 0 atom stereocenters. The molecule has 0 aliphatic rings. The van der Waals surface area contributed by atoms with Gasteiger partial charge in [-0.2, -0.15) is 0 Å². The fraction of sp³-hybridized carbons (Fsp3) is 0.133. The molecule has 19 heavy (non-hydrogen) atoms. The van der Waals surface area contributed by atoms with Gasteiger partial charge in [-0.15, -0.1) is 0 Å². The Bertz CT molecular complexity index is 702. The zero-order valence-electron chi connectivity index (χ0n) is 10.6. The molecular formula is C15H14N2O2. The molecule has 3 rings (SSSR count). The Morgan fingerprint density at radius 3 is 2.63 bits per heavy atom. The van der Waals surface area contributed by atoms with Crippen molar-refractivity contribution in [2.75, 3.05) is 7.11 Å². The summed E-state index contributed by atoms with van der Waals surface area (Å²) in [7, 11) is 1.63. The van der Waals surface area contributed by atoms with Gasteiger partial charge in [0.05, 0.1) is 7.11 Å². The zero-order chi connectivity index (χ0) is 13.2. The molecule has 0 radical (unpaired) electrons. The number of hydrogen-bond acceptors (Lipinski definition) is 4. The SMILES string of the molecule is COc1ccc2nc(-c3ccc(CN)cc3)oc2c1. The predicted molar refractivity (Wildman–Crippen MR) is 73.9 cm³/mol. The van der Waals surface area contributed by atoms with Crippen LogP contribution in [0.25, 0.3) is 22.6 Å². The van der Waals surface area contributed by atoms with Crippen molar-refractivity contribution in [1.82, 2.24) is 4.98 Å². The predicted octanol–water partition coefficient (Wildman–Crippen LogP) is 2.96. The summed E-state index contributed by atoms with van der Waals surface area (Å²) in [6.45, 7) is 0.533. The van der Waals surface area contributed by atoms with E-state index in [9.17, 15) is 0 Å². The first-order chi connectivity index (χ1) is 9.30. The standard InChI is InChI=1S/C15H14N2O2/c1-18-12-6-7-13-14(8-12)19-15(17-13)11-4-2-10(9-16)3-5-11/h2-8H,9,16H2,1H3. The molecule has 0 spiro atoms. The van der Waals surface area contributed by atoms with Crippen molar-refractivity contribution in [3.8, 4) is 17.2 Å². The molecule has 1 aromatic heterocycles. The highest BCUT2D eigenvalue weighted by Crippen LogP contribution is 2.27. The molecule has 0 amide bonds. The van der Waals surface area contributed by atoms with Crippen LogP contribution < -0.4 is 10.5 Å². The second kappa shape index (κ2) is 4.74. The van der Waals surface area contributed by atoms with Gasteiger partial charge in [-0.3, -0.25) is 0 Å². The molecule has 2 aromatic carbocycles. The summed E-state index contributed by atoms with van der Waals surface area (Å²) in [5, 5.41) is 0. The van der Waals surface area contributed by atoms with Gasteiger partial charge in [-0.25, -0.2) is 4.98 Å². The summed E-state index contributed by atoms with van der Waals surface area (Å²) in [6, 6.07) is 13.5. The number of ether oxygens (including phenoxy) is 1. The van der Waals surface area contributed by atoms with Crippen molar-refractivity contribution in [3.05, 3.63) is 48.0 Å². The molecule has 4 heteroatoms. The number of rotatable bonds is 3. The van der Waals surface area contributed by atoms with Crippen LogP contribution in [0.1, 0.15) is 5.56 Å². The van der Waals surface area contributed by atoms with Gasteiger partial charge in [-0.05, 0) is 29.8 Å². The molecule has 0 aliphatic carbocycles. The first kappa shape index (κ1) is 11.7. The molecule has 96 valence electrons. The normalized spacial score (nSPS) is 10.8. The maximum atomic E-state index is 5.75. The van der Waals surface area contributed by atoms with E-state index >= 15 is 0 Å². The molecule has 1 heterocycles. The molecule has 0 saturated heterocycles. The minimum atomic E-state index is 0.533. The summed E-state index contributed by atoms with van der Waals surface area (Å²) in [5.41, 5.74) is 9.14. The van der Waals surface area contributed by atoms with E-state index in [1.54, 1.807) is 7.11 Å². The van der Waals surface area contributed by atoms with Crippen molar-refractivity contribution in [2.24, 2.45) is 5.73 Å². The molecule has 0 bridgehead atoms. The van der Waals surface area contributed by atoms with Gasteiger partial charge >= 0.3 is 0 Å². The number of oxazole rings is 1. The smallest absolute Gasteiger partial charge is 0.227 e. The number of benzene rings is 2. The van der Waals surface area contributed by atoms with Crippen LogP contribution in [0.15, 0.2) is 46.9 Å². The molecule has 0 aliphatic heterocycles. The fourth-order valence-corrected chi connectivity index (χ4v) is 1.94. The van der Waals surface area contributed by atoms with Crippen molar-refractivity contribution in [1.29, 1.82) is 0 Å². The molecule has 0 unspecified atom stereocenters. The lowest BCUT2D eigenvalue weighted by atomic mass is 10.1. The largest absolute Gasteiger partial charge is 0.497 e. The second-order valence-electron chi connectivity index (χ2n) is 4.25. The Kier molecular flexibility index (Phi) is 2.93. The van der Waals surface area contributed by atoms with Gasteiger partial charge in [-0.1, -0.05) is 12.1 Å². The van der Waals surface area contributed by atoms with Gasteiger partial charge in [0.15, 0.2) is 5.58 Å². The van der Waals surface area contributed by atoms with E-state index in [1.807, 2.05) is 42.5 Å². The van der Waals surface area contributed by atoms with Gasteiger partial charge in [0.25, 0.3) is 0 Å². The summed E-state index contributed by atoms with van der Waals surface area (Å²) in [4.78, 5) is 4.46. The summed E-state index contributed by atoms with van der Waals surface area (Å²) >= 11 is 0. The Morgan fingerprint density at radius 1 is 1.16 bits per heavy atom. The van der Waals surface area contributed by atoms with E-state index in [1.165, 1.54) is 0 Å².